The number of aromatic hydroxyl groups is 1. The number of rotatable bonds is 31. The van der Waals surface area contributed by atoms with Gasteiger partial charge in [0.1, 0.15) is 47.6 Å². The third-order valence-corrected chi connectivity index (χ3v) is 15.6. The van der Waals surface area contributed by atoms with Crippen LogP contribution in [0.5, 0.6) is 5.75 Å². The smallest absolute Gasteiger partial charge is 0.351 e. The van der Waals surface area contributed by atoms with Crippen LogP contribution in [0.15, 0.2) is 103 Å². The lowest BCUT2D eigenvalue weighted by atomic mass is 9.89. The number of H-pyrrole nitrogens is 1. The number of aromatic amines is 1. The SMILES string of the molecule is Nc1ccn([C@H]2C[C@@H](O)[C@@H](COP(=O)([O-])OCCOCCOCCOP(=O)([O-])O[C@@H]3C[C@H](n4cc(/C=C/C(=O)NCCCCCCNC(=O)c5ccc(C(=O)O)c(-c6c7ccc(=O)cc-7oc7cc(O)ccc67)c5)c(=O)[nH]c4=O)O[C@@H]3CO)O2)c(=O)n1. The van der Waals surface area contributed by atoms with Crippen LogP contribution in [0.25, 0.3) is 39.5 Å². The molecule has 2 aromatic carbocycles. The van der Waals surface area contributed by atoms with Crippen LogP contribution in [-0.4, -0.2) is 148 Å². The minimum Gasteiger partial charge on any atom is -0.756 e. The van der Waals surface area contributed by atoms with E-state index in [0.717, 1.165) is 27.5 Å². The van der Waals surface area contributed by atoms with Crippen molar-refractivity contribution < 1.29 is 95.2 Å². The molecule has 468 valence electrons. The first-order chi connectivity index (χ1) is 41.6. The molecule has 0 spiro atoms. The van der Waals surface area contributed by atoms with E-state index in [1.165, 1.54) is 60.8 Å². The Morgan fingerprint density at radius 1 is 0.805 bits per heavy atom. The number of aromatic carboxylic acids is 1. The molecule has 0 saturated carbocycles. The third-order valence-electron chi connectivity index (χ3n) is 13.6. The number of aliphatic hydroxyl groups is 2. The van der Waals surface area contributed by atoms with Crippen molar-refractivity contribution in [2.75, 3.05) is 71.7 Å². The zero-order valence-corrected chi connectivity index (χ0v) is 47.9. The number of phosphoric ester groups is 2. The Morgan fingerprint density at radius 3 is 2.21 bits per heavy atom. The molecule has 1 aliphatic carbocycles. The molecule has 2 fully saturated rings. The Bertz CT molecular complexity index is 3780. The molecule has 8 atom stereocenters. The summed E-state index contributed by atoms with van der Waals surface area (Å²) in [6, 6.07) is 13.9. The number of unbranched alkanes of at least 4 members (excludes halogenated alkanes) is 3. The predicted octanol–water partition coefficient (Wildman–Crippen LogP) is 1.11. The van der Waals surface area contributed by atoms with Gasteiger partial charge in [-0.15, -0.1) is 0 Å². The van der Waals surface area contributed by atoms with Crippen molar-refractivity contribution in [3.63, 3.8) is 0 Å². The monoisotopic (exact) mass is 1250 g/mol. The van der Waals surface area contributed by atoms with Gasteiger partial charge in [-0.1, -0.05) is 12.8 Å². The number of ether oxygens (including phenoxy) is 4. The van der Waals surface area contributed by atoms with E-state index < -0.39 is 114 Å². The number of carbonyl (C=O) groups is 3. The number of nitrogen functional groups attached to an aromatic ring is 1. The topological polar surface area (TPSA) is 456 Å². The van der Waals surface area contributed by atoms with E-state index in [2.05, 4.69) is 20.6 Å². The molecule has 3 aliphatic heterocycles. The number of nitrogens with one attached hydrogen (secondary N) is 3. The number of amides is 2. The van der Waals surface area contributed by atoms with Crippen LogP contribution < -0.4 is 48.5 Å². The van der Waals surface area contributed by atoms with Gasteiger partial charge < -0.3 is 88.0 Å². The summed E-state index contributed by atoms with van der Waals surface area (Å²) in [6.45, 7) is -2.38. The van der Waals surface area contributed by atoms with Gasteiger partial charge in [0.25, 0.3) is 27.1 Å². The van der Waals surface area contributed by atoms with Crippen molar-refractivity contribution in [1.82, 2.24) is 29.7 Å². The number of hydrogen-bond acceptors (Lipinski definition) is 25. The van der Waals surface area contributed by atoms with E-state index in [1.807, 2.05) is 0 Å². The van der Waals surface area contributed by atoms with Gasteiger partial charge in [0, 0.05) is 78.6 Å². The summed E-state index contributed by atoms with van der Waals surface area (Å²) >= 11 is 0. The molecule has 2 unspecified atom stereocenters. The Kier molecular flexibility index (Phi) is 22.5. The Hall–Kier alpha value is -7.58. The van der Waals surface area contributed by atoms with Crippen molar-refractivity contribution in [3.8, 4) is 28.2 Å². The van der Waals surface area contributed by atoms with E-state index in [9.17, 15) is 72.9 Å². The van der Waals surface area contributed by atoms with Crippen LogP contribution in [0.4, 0.5) is 5.82 Å². The highest BCUT2D eigenvalue weighted by Gasteiger charge is 2.40. The number of aliphatic hydroxyl groups excluding tert-OH is 2. The summed E-state index contributed by atoms with van der Waals surface area (Å²) in [4.78, 5) is 119. The molecule has 4 aromatic rings. The number of carbonyl (C=O) groups excluding carboxylic acids is 2. The maximum Gasteiger partial charge on any atom is 0.351 e. The second kappa shape index (κ2) is 29.9. The number of anilines is 1. The van der Waals surface area contributed by atoms with Crippen LogP contribution in [0.2, 0.25) is 0 Å². The number of benzene rings is 3. The van der Waals surface area contributed by atoms with Crippen molar-refractivity contribution >= 4 is 56.3 Å². The number of carboxylic acid groups (broad SMARTS) is 1. The van der Waals surface area contributed by atoms with Gasteiger partial charge in [0.15, 0.2) is 5.43 Å². The van der Waals surface area contributed by atoms with E-state index in [4.69, 9.17) is 47.2 Å². The summed E-state index contributed by atoms with van der Waals surface area (Å²) in [5.74, 6) is -2.24. The molecule has 2 aromatic heterocycles. The number of nitrogens with zero attached hydrogens (tertiary/aromatic N) is 3. The largest absolute Gasteiger partial charge is 0.756 e. The molecule has 33 heteroatoms. The van der Waals surface area contributed by atoms with Crippen molar-refractivity contribution in [3.05, 3.63) is 137 Å². The van der Waals surface area contributed by atoms with Gasteiger partial charge in [0.2, 0.25) is 5.91 Å². The average molecular weight is 1250 g/mol. The fourth-order valence-electron chi connectivity index (χ4n) is 9.37. The van der Waals surface area contributed by atoms with Crippen LogP contribution >= 0.6 is 15.6 Å². The van der Waals surface area contributed by atoms with Crippen LogP contribution in [0.1, 0.15) is 77.3 Å². The van der Waals surface area contributed by atoms with Crippen LogP contribution in [0.3, 0.4) is 0 Å². The van der Waals surface area contributed by atoms with Gasteiger partial charge in [-0.3, -0.25) is 42.4 Å². The summed E-state index contributed by atoms with van der Waals surface area (Å²) in [6.07, 6.45) is -0.273. The number of phenolic OH excluding ortho intramolecular Hbond substituents is 1. The second-order valence-electron chi connectivity index (χ2n) is 19.7. The molecule has 0 bridgehead atoms. The number of phenols is 1. The van der Waals surface area contributed by atoms with Crippen LogP contribution in [-0.2, 0) is 51.0 Å². The molecule has 2 saturated heterocycles. The van der Waals surface area contributed by atoms with Crippen molar-refractivity contribution in [2.24, 2.45) is 0 Å². The predicted molar refractivity (Wildman–Crippen MR) is 300 cm³/mol. The highest BCUT2D eigenvalue weighted by atomic mass is 31.2. The number of hydrogen-bond donors (Lipinski definition) is 8. The van der Waals surface area contributed by atoms with Crippen molar-refractivity contribution in [2.45, 2.75) is 75.4 Å². The number of aromatic nitrogens is 4. The number of fused-ring (bicyclic) bond motifs is 2. The van der Waals surface area contributed by atoms with Gasteiger partial charge in [-0.05, 0) is 73.0 Å². The summed E-state index contributed by atoms with van der Waals surface area (Å²) < 4.78 is 74.3. The molecule has 0 radical (unpaired) electrons. The lowest BCUT2D eigenvalue weighted by Gasteiger charge is -2.27. The Balaban J connectivity index is 0.700. The lowest BCUT2D eigenvalue weighted by molar-refractivity contribution is -0.233. The first-order valence-corrected chi connectivity index (χ1v) is 30.0. The molecule has 4 aliphatic rings. The summed E-state index contributed by atoms with van der Waals surface area (Å²) in [5.41, 5.74) is 3.78. The van der Waals surface area contributed by atoms with Gasteiger partial charge in [-0.2, -0.15) is 4.98 Å². The number of nitrogens with two attached hydrogens (primary N) is 1. The molecule has 5 heterocycles. The van der Waals surface area contributed by atoms with E-state index in [-0.39, 0.29) is 103 Å². The highest BCUT2D eigenvalue weighted by Crippen LogP contribution is 2.46. The Labute approximate surface area is 492 Å². The molecule has 87 heavy (non-hydrogen) atoms. The van der Waals surface area contributed by atoms with Crippen molar-refractivity contribution in [1.29, 1.82) is 0 Å². The maximum atomic E-state index is 13.3. The third kappa shape index (κ3) is 17.8. The van der Waals surface area contributed by atoms with Gasteiger partial charge in [-0.25, -0.2) is 14.4 Å². The van der Waals surface area contributed by atoms with Gasteiger partial charge >= 0.3 is 17.3 Å². The average Bonchev–Trinajstić information content (AvgIpc) is 3.17. The first-order valence-electron chi connectivity index (χ1n) is 27.1. The minimum atomic E-state index is -5.07. The molecular formula is C54H61N7O24P2-2. The van der Waals surface area contributed by atoms with E-state index in [0.29, 0.717) is 42.2 Å². The Morgan fingerprint density at radius 2 is 1.49 bits per heavy atom. The number of carboxylic acids is 1. The standard InChI is InChI=1S/C54H63N7O24P2/c55-45-13-16-60(53(71)58-45)47-26-39(65)44(84-47)30-81-86(73,74)79-21-19-77-17-18-78-20-22-80-87(75,76)85-42-27-48(83-43(42)29-62)61-28-32(51(68)59-54(61)72)6-12-46(66)56-14-3-1-2-4-15-57-50(67)31-5-9-35(52(69)70)38(23-31)49-36-10-7-33(63)24-40(36)82-41-25-34(64)8-11-37(41)49/h5-13,16,23-25,28,39,42-44,47-48,62-63,65H,1-4,14-15,17-22,26-27,29-30H2,(H,56,66)(H,57,67)(H,69,70)(H,73,74)(H,75,76)(H2,55,58,71)(H,59,68,72)/p-2/b12-6+/t39-,42-,43-,44-,47-,48-/m1/s1. The number of phosphoric acid groups is 2. The molecule has 31 nitrogen and oxygen atoms in total. The fraction of sp³-hybridized carbons (Fsp3) is 0.407. The first kappa shape index (κ1) is 65.4. The lowest BCUT2D eigenvalue weighted by Crippen LogP contribution is -2.33. The molecular weight excluding hydrogens is 1190 g/mol. The maximum absolute atomic E-state index is 13.3. The summed E-state index contributed by atoms with van der Waals surface area (Å²) in [5, 5.41) is 46.5. The van der Waals surface area contributed by atoms with E-state index >= 15 is 0 Å². The molecule has 9 N–H and O–H groups in total. The quantitative estimate of drug-likeness (QED) is 0.0131. The summed E-state index contributed by atoms with van der Waals surface area (Å²) in [7, 11) is -9.93. The van der Waals surface area contributed by atoms with Crippen LogP contribution in [0, 0.1) is 0 Å². The second-order valence-corrected chi connectivity index (χ2v) is 22.4. The van der Waals surface area contributed by atoms with E-state index in [1.54, 1.807) is 6.07 Å². The zero-order chi connectivity index (χ0) is 62.4. The molecule has 8 rings (SSSR count). The van der Waals surface area contributed by atoms with Gasteiger partial charge in [0.05, 0.1) is 76.2 Å². The molecule has 2 amide bonds. The normalized spacial score (nSPS) is 20.0. The zero-order valence-electron chi connectivity index (χ0n) is 46.1. The fourth-order valence-corrected chi connectivity index (χ4v) is 11.0. The minimum absolute atomic E-state index is 0.00837. The highest BCUT2D eigenvalue weighted by molar-refractivity contribution is 7.46.